The van der Waals surface area contributed by atoms with Gasteiger partial charge in [0.1, 0.15) is 0 Å². The number of nitro groups is 1. The van der Waals surface area contributed by atoms with Gasteiger partial charge in [-0.15, -0.1) is 0 Å². The maximum absolute atomic E-state index is 12.4. The molecule has 0 bridgehead atoms. The number of rotatable bonds is 6. The molecule has 1 heterocycles. The Kier molecular flexibility index (Phi) is 5.57. The van der Waals surface area contributed by atoms with Crippen LogP contribution >= 0.6 is 0 Å². The van der Waals surface area contributed by atoms with E-state index < -0.39 is 4.92 Å². The van der Waals surface area contributed by atoms with Gasteiger partial charge in [0.15, 0.2) is 0 Å². The van der Waals surface area contributed by atoms with Crippen LogP contribution in [0, 0.1) is 17.0 Å². The number of aryl methyl sites for hydroxylation is 1. The van der Waals surface area contributed by atoms with Crippen molar-refractivity contribution >= 4 is 28.7 Å². The minimum Gasteiger partial charge on any atom is -0.342 e. The van der Waals surface area contributed by atoms with Crippen molar-refractivity contribution in [2.45, 2.75) is 13.5 Å². The highest BCUT2D eigenvalue weighted by molar-refractivity contribution is 6.00. The number of nitro benzene ring substituents is 1. The summed E-state index contributed by atoms with van der Waals surface area (Å²) >= 11 is 0. The van der Waals surface area contributed by atoms with E-state index in [1.807, 2.05) is 55.6 Å². The van der Waals surface area contributed by atoms with Crippen LogP contribution in [0.2, 0.25) is 0 Å². The van der Waals surface area contributed by atoms with E-state index in [4.69, 9.17) is 0 Å². The van der Waals surface area contributed by atoms with Crippen molar-refractivity contribution in [3.63, 3.8) is 0 Å². The second-order valence-electron chi connectivity index (χ2n) is 7.17. The van der Waals surface area contributed by atoms with Gasteiger partial charge in [0.25, 0.3) is 11.6 Å². The fraction of sp³-hybridized carbons (Fsp3) is 0.0833. The molecule has 1 aromatic heterocycles. The predicted octanol–water partition coefficient (Wildman–Crippen LogP) is 4.67. The number of hydrogen-bond acceptors (Lipinski definition) is 4. The molecule has 0 unspecified atom stereocenters. The Balaban J connectivity index is 1.56. The third-order valence-electron chi connectivity index (χ3n) is 5.08. The molecule has 1 amide bonds. The van der Waals surface area contributed by atoms with Gasteiger partial charge >= 0.3 is 0 Å². The first-order valence-electron chi connectivity index (χ1n) is 9.73. The highest BCUT2D eigenvalue weighted by Crippen LogP contribution is 2.22. The number of carbonyl (C=O) groups is 1. The monoisotopic (exact) mass is 412 g/mol. The second kappa shape index (κ2) is 8.62. The van der Waals surface area contributed by atoms with E-state index in [0.717, 1.165) is 27.6 Å². The van der Waals surface area contributed by atoms with Gasteiger partial charge in [-0.2, -0.15) is 5.10 Å². The first kappa shape index (κ1) is 20.0. The van der Waals surface area contributed by atoms with Crippen LogP contribution in [0.25, 0.3) is 10.9 Å². The summed E-state index contributed by atoms with van der Waals surface area (Å²) in [7, 11) is 0. The molecule has 0 spiro atoms. The molecular formula is C24H20N4O3. The van der Waals surface area contributed by atoms with Crippen molar-refractivity contribution in [3.8, 4) is 0 Å². The molecule has 4 aromatic rings. The largest absolute Gasteiger partial charge is 0.342 e. The third kappa shape index (κ3) is 4.35. The fourth-order valence-electron chi connectivity index (χ4n) is 3.48. The van der Waals surface area contributed by atoms with Crippen LogP contribution in [0.5, 0.6) is 0 Å². The molecule has 31 heavy (non-hydrogen) atoms. The minimum absolute atomic E-state index is 0.0679. The molecule has 4 rings (SSSR count). The standard InChI is InChI=1S/C24H20N4O3/c1-17-6-2-3-7-21(17)24(29)26-25-14-19-16-27(23-9-5-4-8-22(19)23)15-18-10-12-20(13-11-18)28(30)31/h2-14,16H,15H2,1H3,(H,26,29)/b25-14-. The molecule has 0 aliphatic rings. The lowest BCUT2D eigenvalue weighted by molar-refractivity contribution is -0.384. The van der Waals surface area contributed by atoms with Gasteiger partial charge in [0.05, 0.1) is 11.1 Å². The van der Waals surface area contributed by atoms with E-state index >= 15 is 0 Å². The summed E-state index contributed by atoms with van der Waals surface area (Å²) in [6, 6.07) is 21.8. The first-order chi connectivity index (χ1) is 15.0. The van der Waals surface area contributed by atoms with Crippen LogP contribution in [0.3, 0.4) is 0 Å². The van der Waals surface area contributed by atoms with Gasteiger partial charge in [0.2, 0.25) is 0 Å². The van der Waals surface area contributed by atoms with E-state index in [2.05, 4.69) is 15.1 Å². The molecule has 0 aliphatic carbocycles. The van der Waals surface area contributed by atoms with Crippen molar-refractivity contribution in [1.82, 2.24) is 9.99 Å². The maximum Gasteiger partial charge on any atom is 0.271 e. The van der Waals surface area contributed by atoms with E-state index in [9.17, 15) is 14.9 Å². The number of amides is 1. The van der Waals surface area contributed by atoms with Crippen molar-refractivity contribution in [1.29, 1.82) is 0 Å². The molecule has 3 aromatic carbocycles. The van der Waals surface area contributed by atoms with Crippen LogP contribution in [0.15, 0.2) is 84.1 Å². The number of benzene rings is 3. The molecular weight excluding hydrogens is 392 g/mol. The number of para-hydroxylation sites is 1. The highest BCUT2D eigenvalue weighted by atomic mass is 16.6. The zero-order valence-electron chi connectivity index (χ0n) is 16.9. The van der Waals surface area contributed by atoms with E-state index in [1.54, 1.807) is 24.4 Å². The number of hydrazone groups is 1. The molecule has 154 valence electrons. The summed E-state index contributed by atoms with van der Waals surface area (Å²) in [5.74, 6) is -0.260. The maximum atomic E-state index is 12.4. The molecule has 0 radical (unpaired) electrons. The molecule has 7 heteroatoms. The summed E-state index contributed by atoms with van der Waals surface area (Å²) in [6.45, 7) is 2.44. The Hall–Kier alpha value is -4.26. The number of non-ortho nitro benzene ring substituents is 1. The first-order valence-corrected chi connectivity index (χ1v) is 9.73. The average molecular weight is 412 g/mol. The van der Waals surface area contributed by atoms with E-state index in [1.165, 1.54) is 12.1 Å². The van der Waals surface area contributed by atoms with Crippen LogP contribution < -0.4 is 5.43 Å². The van der Waals surface area contributed by atoms with Crippen LogP contribution in [0.4, 0.5) is 5.69 Å². The predicted molar refractivity (Wildman–Crippen MR) is 120 cm³/mol. The molecule has 0 saturated heterocycles. The third-order valence-corrected chi connectivity index (χ3v) is 5.08. The van der Waals surface area contributed by atoms with E-state index in [0.29, 0.717) is 12.1 Å². The van der Waals surface area contributed by atoms with Gasteiger partial charge in [-0.3, -0.25) is 14.9 Å². The number of nitrogens with one attached hydrogen (secondary N) is 1. The Morgan fingerprint density at radius 3 is 2.52 bits per heavy atom. The van der Waals surface area contributed by atoms with Crippen LogP contribution in [-0.2, 0) is 6.54 Å². The van der Waals surface area contributed by atoms with Gasteiger partial charge in [-0.25, -0.2) is 5.43 Å². The Morgan fingerprint density at radius 1 is 1.06 bits per heavy atom. The van der Waals surface area contributed by atoms with Crippen molar-refractivity contribution in [2.24, 2.45) is 5.10 Å². The zero-order chi connectivity index (χ0) is 21.8. The molecule has 0 atom stereocenters. The summed E-state index contributed by atoms with van der Waals surface area (Å²) in [4.78, 5) is 22.8. The van der Waals surface area contributed by atoms with Gasteiger partial charge in [-0.1, -0.05) is 48.5 Å². The number of carbonyl (C=O) groups excluding carboxylic acids is 1. The van der Waals surface area contributed by atoms with Crippen molar-refractivity contribution in [2.75, 3.05) is 0 Å². The molecule has 0 aliphatic heterocycles. The average Bonchev–Trinajstić information content (AvgIpc) is 3.12. The Bertz CT molecular complexity index is 1290. The summed E-state index contributed by atoms with van der Waals surface area (Å²) in [5.41, 5.74) is 6.94. The van der Waals surface area contributed by atoms with Gasteiger partial charge < -0.3 is 4.57 Å². The number of aromatic nitrogens is 1. The summed E-state index contributed by atoms with van der Waals surface area (Å²) in [5, 5.41) is 16.0. The molecule has 7 nitrogen and oxygen atoms in total. The number of hydrogen-bond donors (Lipinski definition) is 1. The smallest absolute Gasteiger partial charge is 0.271 e. The molecule has 1 N–H and O–H groups in total. The number of nitrogens with zero attached hydrogens (tertiary/aromatic N) is 3. The lowest BCUT2D eigenvalue weighted by atomic mass is 10.1. The fourth-order valence-corrected chi connectivity index (χ4v) is 3.48. The van der Waals surface area contributed by atoms with Crippen molar-refractivity contribution in [3.05, 3.63) is 111 Å². The molecule has 0 saturated carbocycles. The topological polar surface area (TPSA) is 89.5 Å². The quantitative estimate of drug-likeness (QED) is 0.283. The van der Waals surface area contributed by atoms with Gasteiger partial charge in [0, 0.05) is 46.9 Å². The van der Waals surface area contributed by atoms with Crippen molar-refractivity contribution < 1.29 is 9.72 Å². The number of fused-ring (bicyclic) bond motifs is 1. The molecule has 0 fully saturated rings. The van der Waals surface area contributed by atoms with Crippen LogP contribution in [-0.4, -0.2) is 21.6 Å². The van der Waals surface area contributed by atoms with E-state index in [-0.39, 0.29) is 11.6 Å². The zero-order valence-corrected chi connectivity index (χ0v) is 16.9. The Labute approximate surface area is 178 Å². The lowest BCUT2D eigenvalue weighted by Gasteiger charge is -2.05. The summed E-state index contributed by atoms with van der Waals surface area (Å²) < 4.78 is 2.06. The normalized spacial score (nSPS) is 11.1. The summed E-state index contributed by atoms with van der Waals surface area (Å²) in [6.07, 6.45) is 3.58. The SMILES string of the molecule is Cc1ccccc1C(=O)N/N=C\c1cn(Cc2ccc([N+](=O)[O-])cc2)c2ccccc12. The minimum atomic E-state index is -0.408. The second-order valence-corrected chi connectivity index (χ2v) is 7.17. The van der Waals surface area contributed by atoms with Crippen LogP contribution in [0.1, 0.15) is 27.0 Å². The highest BCUT2D eigenvalue weighted by Gasteiger charge is 2.10. The Morgan fingerprint density at radius 2 is 1.77 bits per heavy atom. The van der Waals surface area contributed by atoms with Gasteiger partial charge in [-0.05, 0) is 30.2 Å². The lowest BCUT2D eigenvalue weighted by Crippen LogP contribution is -2.18.